The van der Waals surface area contributed by atoms with Crippen molar-refractivity contribution >= 4 is 8.32 Å². The molecule has 2 nitrogen and oxygen atoms in total. The minimum Gasteiger partial charge on any atom is -0.417 e. The summed E-state index contributed by atoms with van der Waals surface area (Å²) in [6, 6.07) is 0.975. The highest BCUT2D eigenvalue weighted by atomic mass is 28.4. The average molecular weight is 415 g/mol. The number of rotatable bonds is 6. The molecule has 1 aromatic rings. The second kappa shape index (κ2) is 8.12. The zero-order valence-electron chi connectivity index (χ0n) is 16.2. The Morgan fingerprint density at radius 3 is 1.74 bits per heavy atom. The van der Waals surface area contributed by atoms with E-state index >= 15 is 0 Å². The molecular weight excluding hydrogens is 388 g/mol. The fourth-order valence-electron chi connectivity index (χ4n) is 2.22. The van der Waals surface area contributed by atoms with E-state index in [1.54, 1.807) is 0 Å². The molecule has 0 amide bonds. The van der Waals surface area contributed by atoms with Gasteiger partial charge in [-0.15, -0.1) is 0 Å². The number of hydrogen-bond donors (Lipinski definition) is 1. The van der Waals surface area contributed by atoms with Crippen LogP contribution < -0.4 is 5.73 Å². The molecule has 1 rings (SSSR count). The van der Waals surface area contributed by atoms with E-state index in [-0.39, 0.29) is 23.1 Å². The molecule has 27 heavy (non-hydrogen) atoms. The highest BCUT2D eigenvalue weighted by molar-refractivity contribution is 6.74. The Kier molecular flexibility index (Phi) is 7.21. The molecule has 0 aliphatic heterocycles. The second-order valence-electron chi connectivity index (χ2n) is 8.28. The number of halogens is 6. The van der Waals surface area contributed by atoms with Gasteiger partial charge in [-0.2, -0.15) is 26.3 Å². The predicted molar refractivity (Wildman–Crippen MR) is 95.9 cm³/mol. The standard InChI is InChI=1S/C18H27F6NOSi/c1-16(2,3)27(4,5)26-7-6-15(25)10-12-8-13(17(19,20)21)11-14(9-12)18(22,23)24/h8-9,11,15H,6-7,10,25H2,1-5H3. The quantitative estimate of drug-likeness (QED) is 0.456. The van der Waals surface area contributed by atoms with E-state index in [2.05, 4.69) is 33.9 Å². The van der Waals surface area contributed by atoms with E-state index in [1.807, 2.05) is 0 Å². The third-order valence-corrected chi connectivity index (χ3v) is 9.44. The molecular formula is C18H27F6NOSi. The van der Waals surface area contributed by atoms with Crippen LogP contribution in [0.25, 0.3) is 0 Å². The summed E-state index contributed by atoms with van der Waals surface area (Å²) >= 11 is 0. The van der Waals surface area contributed by atoms with Crippen molar-refractivity contribution in [2.24, 2.45) is 5.73 Å². The van der Waals surface area contributed by atoms with Gasteiger partial charge in [0.25, 0.3) is 0 Å². The third kappa shape index (κ3) is 7.12. The van der Waals surface area contributed by atoms with Gasteiger partial charge >= 0.3 is 12.4 Å². The lowest BCUT2D eigenvalue weighted by molar-refractivity contribution is -0.143. The van der Waals surface area contributed by atoms with Crippen molar-refractivity contribution in [1.82, 2.24) is 0 Å². The van der Waals surface area contributed by atoms with Crippen LogP contribution in [-0.4, -0.2) is 21.0 Å². The maximum atomic E-state index is 12.9. The first-order valence-corrected chi connectivity index (χ1v) is 11.5. The van der Waals surface area contributed by atoms with Gasteiger partial charge in [0, 0.05) is 12.6 Å². The van der Waals surface area contributed by atoms with E-state index < -0.39 is 37.8 Å². The minimum absolute atomic E-state index is 0.000253. The fourth-order valence-corrected chi connectivity index (χ4v) is 3.29. The lowest BCUT2D eigenvalue weighted by atomic mass is 9.99. The lowest BCUT2D eigenvalue weighted by Crippen LogP contribution is -2.41. The normalized spacial score (nSPS) is 15.1. The van der Waals surface area contributed by atoms with Crippen molar-refractivity contribution < 1.29 is 30.8 Å². The molecule has 1 unspecified atom stereocenters. The molecule has 0 bridgehead atoms. The summed E-state index contributed by atoms with van der Waals surface area (Å²) in [5, 5.41) is -0.000253. The summed E-state index contributed by atoms with van der Waals surface area (Å²) in [5.74, 6) is 0. The molecule has 0 aromatic heterocycles. The zero-order chi connectivity index (χ0) is 21.3. The van der Waals surface area contributed by atoms with Crippen molar-refractivity contribution in [2.45, 2.75) is 70.1 Å². The van der Waals surface area contributed by atoms with Crippen molar-refractivity contribution in [2.75, 3.05) is 6.61 Å². The molecule has 0 saturated heterocycles. The molecule has 0 fully saturated rings. The Hall–Kier alpha value is -1.06. The van der Waals surface area contributed by atoms with Crippen LogP contribution in [0, 0.1) is 0 Å². The minimum atomic E-state index is -4.86. The highest BCUT2D eigenvalue weighted by Crippen LogP contribution is 2.37. The Labute approximate surface area is 157 Å². The van der Waals surface area contributed by atoms with Crippen molar-refractivity contribution in [1.29, 1.82) is 0 Å². The van der Waals surface area contributed by atoms with E-state index in [1.165, 1.54) is 0 Å². The van der Waals surface area contributed by atoms with E-state index in [4.69, 9.17) is 10.2 Å². The highest BCUT2D eigenvalue weighted by Gasteiger charge is 2.38. The lowest BCUT2D eigenvalue weighted by Gasteiger charge is -2.36. The summed E-state index contributed by atoms with van der Waals surface area (Å²) in [6.45, 7) is 10.6. The molecule has 0 heterocycles. The Morgan fingerprint density at radius 2 is 1.37 bits per heavy atom. The summed E-state index contributed by atoms with van der Waals surface area (Å²) in [4.78, 5) is 0. The summed E-state index contributed by atoms with van der Waals surface area (Å²) in [7, 11) is -1.98. The maximum Gasteiger partial charge on any atom is 0.416 e. The molecule has 156 valence electrons. The largest absolute Gasteiger partial charge is 0.417 e. The van der Waals surface area contributed by atoms with Crippen LogP contribution in [0.2, 0.25) is 18.1 Å². The number of alkyl halides is 6. The predicted octanol–water partition coefficient (Wildman–Crippen LogP) is 6.01. The van der Waals surface area contributed by atoms with Crippen LogP contribution in [-0.2, 0) is 23.2 Å². The second-order valence-corrected chi connectivity index (χ2v) is 13.1. The molecule has 0 saturated carbocycles. The third-order valence-electron chi connectivity index (χ3n) is 4.90. The first-order chi connectivity index (χ1) is 11.9. The van der Waals surface area contributed by atoms with Crippen LogP contribution >= 0.6 is 0 Å². The van der Waals surface area contributed by atoms with E-state index in [0.29, 0.717) is 13.0 Å². The molecule has 2 N–H and O–H groups in total. The molecule has 0 aliphatic carbocycles. The molecule has 0 spiro atoms. The van der Waals surface area contributed by atoms with Crippen LogP contribution in [0.1, 0.15) is 43.9 Å². The van der Waals surface area contributed by atoms with Crippen LogP contribution in [0.4, 0.5) is 26.3 Å². The first kappa shape index (κ1) is 24.0. The summed E-state index contributed by atoms with van der Waals surface area (Å²) in [6.07, 6.45) is -9.45. The monoisotopic (exact) mass is 415 g/mol. The first-order valence-electron chi connectivity index (χ1n) is 8.61. The zero-order valence-corrected chi connectivity index (χ0v) is 17.2. The van der Waals surface area contributed by atoms with Gasteiger partial charge in [-0.05, 0) is 54.7 Å². The van der Waals surface area contributed by atoms with Gasteiger partial charge in [-0.3, -0.25) is 0 Å². The molecule has 9 heteroatoms. The van der Waals surface area contributed by atoms with Gasteiger partial charge in [0.1, 0.15) is 0 Å². The van der Waals surface area contributed by atoms with E-state index in [9.17, 15) is 26.3 Å². The van der Waals surface area contributed by atoms with Crippen molar-refractivity contribution in [3.05, 3.63) is 34.9 Å². The molecule has 1 atom stereocenters. The van der Waals surface area contributed by atoms with Gasteiger partial charge in [0.15, 0.2) is 8.32 Å². The van der Waals surface area contributed by atoms with Crippen LogP contribution in [0.5, 0.6) is 0 Å². The van der Waals surface area contributed by atoms with E-state index in [0.717, 1.165) is 12.1 Å². The van der Waals surface area contributed by atoms with Crippen LogP contribution in [0.15, 0.2) is 18.2 Å². The van der Waals surface area contributed by atoms with Gasteiger partial charge in [-0.1, -0.05) is 20.8 Å². The van der Waals surface area contributed by atoms with Gasteiger partial charge in [-0.25, -0.2) is 0 Å². The van der Waals surface area contributed by atoms with Crippen LogP contribution in [0.3, 0.4) is 0 Å². The smallest absolute Gasteiger partial charge is 0.416 e. The summed E-state index contributed by atoms with van der Waals surface area (Å²) in [5.41, 5.74) is 3.20. The Balaban J connectivity index is 2.86. The van der Waals surface area contributed by atoms with Crippen molar-refractivity contribution in [3.8, 4) is 0 Å². The van der Waals surface area contributed by atoms with Crippen molar-refractivity contribution in [3.63, 3.8) is 0 Å². The Morgan fingerprint density at radius 1 is 0.926 bits per heavy atom. The number of benzene rings is 1. The molecule has 1 aromatic carbocycles. The fraction of sp³-hybridized carbons (Fsp3) is 0.667. The maximum absolute atomic E-state index is 12.9. The molecule has 0 aliphatic rings. The van der Waals surface area contributed by atoms with Gasteiger partial charge in [0.05, 0.1) is 11.1 Å². The number of hydrogen-bond acceptors (Lipinski definition) is 2. The SMILES string of the molecule is CC(C)(C)[Si](C)(C)OCCC(N)Cc1cc(C(F)(F)F)cc(C(F)(F)F)c1. The topological polar surface area (TPSA) is 35.2 Å². The Bertz CT molecular complexity index is 602. The molecule has 0 radical (unpaired) electrons. The average Bonchev–Trinajstić information content (AvgIpc) is 2.43. The van der Waals surface area contributed by atoms with Gasteiger partial charge in [0.2, 0.25) is 0 Å². The summed E-state index contributed by atoms with van der Waals surface area (Å²) < 4.78 is 83.4. The number of nitrogens with two attached hydrogens (primary N) is 1. The van der Waals surface area contributed by atoms with Gasteiger partial charge < -0.3 is 10.2 Å².